The molecule has 128 valence electrons. The second-order valence-electron chi connectivity index (χ2n) is 4.72. The first-order chi connectivity index (χ1) is 11.2. The summed E-state index contributed by atoms with van der Waals surface area (Å²) in [5.41, 5.74) is -1.02. The van der Waals surface area contributed by atoms with Crippen molar-refractivity contribution < 1.29 is 26.7 Å². The minimum atomic E-state index is -4.65. The molecule has 9 heteroatoms. The number of carbonyl (C=O) groups is 1. The highest BCUT2D eigenvalue weighted by Crippen LogP contribution is 2.36. The van der Waals surface area contributed by atoms with Crippen LogP contribution in [0, 0.1) is 11.6 Å². The van der Waals surface area contributed by atoms with E-state index in [9.17, 15) is 26.7 Å². The predicted octanol–water partition coefficient (Wildman–Crippen LogP) is 4.69. The van der Waals surface area contributed by atoms with Crippen molar-refractivity contribution in [3.05, 3.63) is 58.6 Å². The molecule has 0 radical (unpaired) electrons. The van der Waals surface area contributed by atoms with Crippen LogP contribution in [0.15, 0.2) is 36.4 Å². The summed E-state index contributed by atoms with van der Waals surface area (Å²) in [5.74, 6) is -2.80. The van der Waals surface area contributed by atoms with Gasteiger partial charge in [-0.3, -0.25) is 4.79 Å². The molecule has 0 aromatic heterocycles. The van der Waals surface area contributed by atoms with Crippen LogP contribution in [0.2, 0.25) is 5.02 Å². The summed E-state index contributed by atoms with van der Waals surface area (Å²) in [4.78, 5) is 11.7. The normalized spacial score (nSPS) is 11.2. The SMILES string of the molecule is O=C(CNc1ccc(F)c(F)c1)Nc1ccc(Cl)c(C(F)(F)F)c1. The minimum Gasteiger partial charge on any atom is -0.376 e. The monoisotopic (exact) mass is 364 g/mol. The van der Waals surface area contributed by atoms with Crippen LogP contribution in [-0.2, 0) is 11.0 Å². The lowest BCUT2D eigenvalue weighted by Crippen LogP contribution is -2.22. The van der Waals surface area contributed by atoms with Crippen molar-refractivity contribution in [3.63, 3.8) is 0 Å². The molecular formula is C15H10ClF5N2O. The van der Waals surface area contributed by atoms with E-state index < -0.39 is 34.3 Å². The molecule has 0 bridgehead atoms. The number of amides is 1. The van der Waals surface area contributed by atoms with E-state index in [0.717, 1.165) is 18.2 Å². The lowest BCUT2D eigenvalue weighted by atomic mass is 10.2. The van der Waals surface area contributed by atoms with Crippen molar-refractivity contribution in [3.8, 4) is 0 Å². The van der Waals surface area contributed by atoms with Crippen LogP contribution < -0.4 is 10.6 Å². The molecule has 0 aliphatic rings. The zero-order valence-electron chi connectivity index (χ0n) is 11.8. The Morgan fingerprint density at radius 2 is 1.67 bits per heavy atom. The van der Waals surface area contributed by atoms with Gasteiger partial charge < -0.3 is 10.6 Å². The molecule has 0 saturated carbocycles. The highest BCUT2D eigenvalue weighted by Gasteiger charge is 2.33. The minimum absolute atomic E-state index is 0.0937. The fourth-order valence-electron chi connectivity index (χ4n) is 1.81. The Morgan fingerprint density at radius 3 is 2.29 bits per heavy atom. The van der Waals surface area contributed by atoms with Gasteiger partial charge in [-0.25, -0.2) is 8.78 Å². The molecule has 0 unspecified atom stereocenters. The summed E-state index contributed by atoms with van der Waals surface area (Å²) in [5, 5.41) is 4.29. The van der Waals surface area contributed by atoms with Crippen molar-refractivity contribution in [2.45, 2.75) is 6.18 Å². The Balaban J connectivity index is 2.01. The van der Waals surface area contributed by atoms with Crippen LogP contribution in [0.25, 0.3) is 0 Å². The average molecular weight is 365 g/mol. The fraction of sp³-hybridized carbons (Fsp3) is 0.133. The number of hydrogen-bond acceptors (Lipinski definition) is 2. The van der Waals surface area contributed by atoms with Crippen molar-refractivity contribution in [1.82, 2.24) is 0 Å². The standard InChI is InChI=1S/C15H10ClF5N2O/c16-11-3-1-9(5-10(11)15(19,20)21)23-14(24)7-22-8-2-4-12(17)13(18)6-8/h1-6,22H,7H2,(H,23,24). The van der Waals surface area contributed by atoms with Gasteiger partial charge in [-0.05, 0) is 30.3 Å². The van der Waals surface area contributed by atoms with Gasteiger partial charge in [0.2, 0.25) is 5.91 Å². The topological polar surface area (TPSA) is 41.1 Å². The first-order valence-corrected chi connectivity index (χ1v) is 6.90. The summed E-state index contributed by atoms with van der Waals surface area (Å²) in [6, 6.07) is 5.89. The van der Waals surface area contributed by atoms with E-state index >= 15 is 0 Å². The second-order valence-corrected chi connectivity index (χ2v) is 5.13. The first kappa shape index (κ1) is 18.0. The highest BCUT2D eigenvalue weighted by molar-refractivity contribution is 6.31. The van der Waals surface area contributed by atoms with Gasteiger partial charge in [-0.1, -0.05) is 11.6 Å². The van der Waals surface area contributed by atoms with Crippen molar-refractivity contribution in [2.75, 3.05) is 17.2 Å². The Kier molecular flexibility index (Phi) is 5.28. The third-order valence-electron chi connectivity index (χ3n) is 2.93. The zero-order chi connectivity index (χ0) is 17.9. The molecule has 0 saturated heterocycles. The maximum atomic E-state index is 13.0. The van der Waals surface area contributed by atoms with Gasteiger partial charge in [-0.15, -0.1) is 0 Å². The van der Waals surface area contributed by atoms with Gasteiger partial charge in [0.15, 0.2) is 11.6 Å². The van der Waals surface area contributed by atoms with E-state index in [1.54, 1.807) is 0 Å². The molecule has 1 amide bonds. The highest BCUT2D eigenvalue weighted by atomic mass is 35.5. The summed E-state index contributed by atoms with van der Waals surface area (Å²) in [7, 11) is 0. The van der Waals surface area contributed by atoms with E-state index in [1.165, 1.54) is 12.1 Å². The summed E-state index contributed by atoms with van der Waals surface area (Å²) in [6.45, 7) is -0.352. The lowest BCUT2D eigenvalue weighted by Gasteiger charge is -2.12. The molecule has 0 atom stereocenters. The number of rotatable bonds is 4. The van der Waals surface area contributed by atoms with Gasteiger partial charge in [-0.2, -0.15) is 13.2 Å². The maximum absolute atomic E-state index is 13.0. The van der Waals surface area contributed by atoms with E-state index in [0.29, 0.717) is 6.07 Å². The Bertz CT molecular complexity index is 764. The molecule has 24 heavy (non-hydrogen) atoms. The molecule has 0 aliphatic heterocycles. The average Bonchev–Trinajstić information content (AvgIpc) is 2.49. The number of carbonyl (C=O) groups excluding carboxylic acids is 1. The number of anilines is 2. The Hall–Kier alpha value is -2.35. The van der Waals surface area contributed by atoms with Gasteiger partial charge in [0.05, 0.1) is 17.1 Å². The van der Waals surface area contributed by atoms with E-state index in [2.05, 4.69) is 10.6 Å². The van der Waals surface area contributed by atoms with Crippen LogP contribution in [0.4, 0.5) is 33.3 Å². The second kappa shape index (κ2) is 7.04. The van der Waals surface area contributed by atoms with Crippen molar-refractivity contribution >= 4 is 28.9 Å². The van der Waals surface area contributed by atoms with Crippen LogP contribution in [0.3, 0.4) is 0 Å². The predicted molar refractivity (Wildman–Crippen MR) is 79.9 cm³/mol. The van der Waals surface area contributed by atoms with Gasteiger partial charge in [0.25, 0.3) is 0 Å². The zero-order valence-corrected chi connectivity index (χ0v) is 12.6. The number of hydrogen-bond donors (Lipinski definition) is 2. The Labute approximate surface area is 138 Å². The molecule has 0 aliphatic carbocycles. The largest absolute Gasteiger partial charge is 0.417 e. The molecule has 2 N–H and O–H groups in total. The molecule has 0 fully saturated rings. The van der Waals surface area contributed by atoms with Gasteiger partial charge >= 0.3 is 6.18 Å². The van der Waals surface area contributed by atoms with Crippen LogP contribution >= 0.6 is 11.6 Å². The van der Waals surface area contributed by atoms with Crippen molar-refractivity contribution in [2.24, 2.45) is 0 Å². The smallest absolute Gasteiger partial charge is 0.376 e. The van der Waals surface area contributed by atoms with Crippen LogP contribution in [-0.4, -0.2) is 12.5 Å². The molecule has 0 spiro atoms. The summed E-state index contributed by atoms with van der Waals surface area (Å²) in [6.07, 6.45) is -4.65. The molecule has 3 nitrogen and oxygen atoms in total. The maximum Gasteiger partial charge on any atom is 0.417 e. The first-order valence-electron chi connectivity index (χ1n) is 6.52. The Morgan fingerprint density at radius 1 is 1.00 bits per heavy atom. The fourth-order valence-corrected chi connectivity index (χ4v) is 2.04. The third-order valence-corrected chi connectivity index (χ3v) is 3.26. The number of halogens is 6. The van der Waals surface area contributed by atoms with Crippen LogP contribution in [0.5, 0.6) is 0 Å². The molecule has 0 heterocycles. The molecular weight excluding hydrogens is 355 g/mol. The van der Waals surface area contributed by atoms with Gasteiger partial charge in [0.1, 0.15) is 0 Å². The summed E-state index contributed by atoms with van der Waals surface area (Å²) < 4.78 is 64.0. The molecule has 2 aromatic carbocycles. The van der Waals surface area contributed by atoms with Crippen LogP contribution in [0.1, 0.15) is 5.56 Å². The number of benzene rings is 2. The lowest BCUT2D eigenvalue weighted by molar-refractivity contribution is -0.137. The van der Waals surface area contributed by atoms with Gasteiger partial charge in [0, 0.05) is 17.4 Å². The number of nitrogens with one attached hydrogen (secondary N) is 2. The van der Waals surface area contributed by atoms with E-state index in [4.69, 9.17) is 11.6 Å². The molecule has 2 aromatic rings. The number of alkyl halides is 3. The third kappa shape index (κ3) is 4.58. The molecule has 2 rings (SSSR count). The van der Waals surface area contributed by atoms with E-state index in [-0.39, 0.29) is 17.9 Å². The quantitative estimate of drug-likeness (QED) is 0.773. The van der Waals surface area contributed by atoms with Crippen molar-refractivity contribution in [1.29, 1.82) is 0 Å². The van der Waals surface area contributed by atoms with E-state index in [1.807, 2.05) is 0 Å². The summed E-state index contributed by atoms with van der Waals surface area (Å²) >= 11 is 5.47.